The van der Waals surface area contributed by atoms with E-state index < -0.39 is 11.9 Å². The number of carbonyl (C=O) groups is 3. The number of rotatable bonds is 3. The number of amides is 3. The second-order valence-corrected chi connectivity index (χ2v) is 7.72. The molecule has 1 unspecified atom stereocenters. The molecule has 2 aliphatic rings. The summed E-state index contributed by atoms with van der Waals surface area (Å²) in [7, 11) is 0. The number of azo groups is 1. The van der Waals surface area contributed by atoms with E-state index in [4.69, 9.17) is 0 Å². The lowest BCUT2D eigenvalue weighted by Crippen LogP contribution is -2.41. The molecule has 4 heterocycles. The largest absolute Gasteiger partial charge is 0.335 e. The van der Waals surface area contributed by atoms with E-state index in [2.05, 4.69) is 20.5 Å². The molecule has 2 aromatic heterocycles. The second kappa shape index (κ2) is 6.89. The van der Waals surface area contributed by atoms with E-state index >= 15 is 0 Å². The van der Waals surface area contributed by atoms with Gasteiger partial charge in [0, 0.05) is 23.9 Å². The molecule has 1 N–H and O–H groups in total. The number of thiophene rings is 1. The Bertz CT molecular complexity index is 916. The molecule has 0 aliphatic carbocycles. The highest BCUT2D eigenvalue weighted by Crippen LogP contribution is 2.29. The quantitative estimate of drug-likeness (QED) is 0.872. The molecule has 1 atom stereocenters. The van der Waals surface area contributed by atoms with E-state index in [1.54, 1.807) is 11.0 Å². The fourth-order valence-electron chi connectivity index (χ4n) is 2.69. The van der Waals surface area contributed by atoms with Gasteiger partial charge in [0.1, 0.15) is 0 Å². The summed E-state index contributed by atoms with van der Waals surface area (Å²) in [6.07, 6.45) is 3.33. The SMILES string of the molecule is O=C1C=CC(C(=O)N2CCc3nc(NC(=O)c4cccs4)sc3C2)N=N1. The number of fused-ring (bicyclic) bond motifs is 1. The number of aromatic nitrogens is 1. The average molecular weight is 387 g/mol. The maximum atomic E-state index is 12.5. The number of nitrogens with zero attached hydrogens (tertiary/aromatic N) is 4. The van der Waals surface area contributed by atoms with Gasteiger partial charge < -0.3 is 4.90 Å². The molecule has 3 amide bonds. The first-order valence-electron chi connectivity index (χ1n) is 7.85. The molecule has 0 radical (unpaired) electrons. The summed E-state index contributed by atoms with van der Waals surface area (Å²) < 4.78 is 0. The Kier molecular flexibility index (Phi) is 4.43. The van der Waals surface area contributed by atoms with Crippen molar-refractivity contribution >= 4 is 45.5 Å². The van der Waals surface area contributed by atoms with Gasteiger partial charge in [-0.1, -0.05) is 17.4 Å². The van der Waals surface area contributed by atoms with Crippen LogP contribution in [0.25, 0.3) is 0 Å². The molecule has 0 aromatic carbocycles. The first-order valence-corrected chi connectivity index (χ1v) is 9.55. The van der Waals surface area contributed by atoms with Crippen LogP contribution in [0.5, 0.6) is 0 Å². The Morgan fingerprint density at radius 2 is 2.23 bits per heavy atom. The van der Waals surface area contributed by atoms with Gasteiger partial charge >= 0.3 is 0 Å². The highest BCUT2D eigenvalue weighted by Gasteiger charge is 2.29. The van der Waals surface area contributed by atoms with Gasteiger partial charge in [0.15, 0.2) is 11.2 Å². The summed E-state index contributed by atoms with van der Waals surface area (Å²) in [6, 6.07) is 2.83. The molecule has 0 saturated carbocycles. The summed E-state index contributed by atoms with van der Waals surface area (Å²) in [6.45, 7) is 0.927. The third kappa shape index (κ3) is 3.33. The van der Waals surface area contributed by atoms with Crippen molar-refractivity contribution in [2.45, 2.75) is 19.0 Å². The van der Waals surface area contributed by atoms with Crippen molar-refractivity contribution in [1.82, 2.24) is 9.88 Å². The second-order valence-electron chi connectivity index (χ2n) is 5.69. The van der Waals surface area contributed by atoms with E-state index in [0.29, 0.717) is 29.5 Å². The van der Waals surface area contributed by atoms with E-state index in [9.17, 15) is 14.4 Å². The van der Waals surface area contributed by atoms with Gasteiger partial charge in [-0.25, -0.2) is 4.98 Å². The Balaban J connectivity index is 1.44. The number of thiazole rings is 1. The molecule has 0 spiro atoms. The van der Waals surface area contributed by atoms with Gasteiger partial charge in [-0.3, -0.25) is 19.7 Å². The summed E-state index contributed by atoms with van der Waals surface area (Å²) in [5, 5.41) is 12.4. The zero-order chi connectivity index (χ0) is 18.1. The van der Waals surface area contributed by atoms with Crippen molar-refractivity contribution in [2.24, 2.45) is 10.2 Å². The van der Waals surface area contributed by atoms with Crippen LogP contribution in [-0.2, 0) is 22.6 Å². The minimum Gasteiger partial charge on any atom is -0.335 e. The molecule has 0 saturated heterocycles. The third-order valence-electron chi connectivity index (χ3n) is 3.96. The predicted molar refractivity (Wildman–Crippen MR) is 96.3 cm³/mol. The van der Waals surface area contributed by atoms with Gasteiger partial charge in [0.25, 0.3) is 17.7 Å². The van der Waals surface area contributed by atoms with E-state index in [1.807, 2.05) is 11.4 Å². The monoisotopic (exact) mass is 387 g/mol. The Morgan fingerprint density at radius 1 is 1.35 bits per heavy atom. The topological polar surface area (TPSA) is 104 Å². The van der Waals surface area contributed by atoms with Gasteiger partial charge in [-0.15, -0.1) is 16.5 Å². The number of hydrogen-bond donors (Lipinski definition) is 1. The fraction of sp³-hybridized carbons (Fsp3) is 0.250. The molecule has 0 fully saturated rings. The van der Waals surface area contributed by atoms with Crippen molar-refractivity contribution in [3.8, 4) is 0 Å². The highest BCUT2D eigenvalue weighted by molar-refractivity contribution is 7.16. The molecule has 10 heteroatoms. The van der Waals surface area contributed by atoms with E-state index in [0.717, 1.165) is 10.6 Å². The van der Waals surface area contributed by atoms with Crippen LogP contribution in [0.2, 0.25) is 0 Å². The zero-order valence-electron chi connectivity index (χ0n) is 13.4. The summed E-state index contributed by atoms with van der Waals surface area (Å²) in [5.74, 6) is -0.833. The van der Waals surface area contributed by atoms with Crippen LogP contribution in [0.1, 0.15) is 20.2 Å². The summed E-state index contributed by atoms with van der Waals surface area (Å²) >= 11 is 2.74. The van der Waals surface area contributed by atoms with Gasteiger partial charge in [0.05, 0.1) is 17.1 Å². The molecular formula is C16H13N5O3S2. The van der Waals surface area contributed by atoms with Crippen molar-refractivity contribution in [1.29, 1.82) is 0 Å². The average Bonchev–Trinajstić information content (AvgIpc) is 3.30. The lowest BCUT2D eigenvalue weighted by molar-refractivity contribution is -0.132. The molecule has 132 valence electrons. The lowest BCUT2D eigenvalue weighted by Gasteiger charge is -2.27. The predicted octanol–water partition coefficient (Wildman–Crippen LogP) is 2.26. The highest BCUT2D eigenvalue weighted by atomic mass is 32.1. The number of hydrogen-bond acceptors (Lipinski definition) is 7. The van der Waals surface area contributed by atoms with Crippen LogP contribution in [-0.4, -0.2) is 40.2 Å². The molecule has 2 aliphatic heterocycles. The summed E-state index contributed by atoms with van der Waals surface area (Å²) in [5.41, 5.74) is 0.900. The molecule has 2 aromatic rings. The molecule has 0 bridgehead atoms. The van der Waals surface area contributed by atoms with Crippen LogP contribution in [0.3, 0.4) is 0 Å². The van der Waals surface area contributed by atoms with Crippen LogP contribution in [0.4, 0.5) is 5.13 Å². The van der Waals surface area contributed by atoms with Crippen LogP contribution in [0, 0.1) is 0 Å². The Labute approximate surface area is 156 Å². The lowest BCUT2D eigenvalue weighted by atomic mass is 10.1. The number of anilines is 1. The Hall–Kier alpha value is -2.72. The number of nitrogens with one attached hydrogen (secondary N) is 1. The van der Waals surface area contributed by atoms with E-state index in [-0.39, 0.29) is 11.8 Å². The van der Waals surface area contributed by atoms with Gasteiger partial charge in [0.2, 0.25) is 0 Å². The van der Waals surface area contributed by atoms with Gasteiger partial charge in [-0.2, -0.15) is 5.11 Å². The fourth-order valence-corrected chi connectivity index (χ4v) is 4.32. The van der Waals surface area contributed by atoms with Crippen LogP contribution in [0.15, 0.2) is 39.9 Å². The van der Waals surface area contributed by atoms with Crippen molar-refractivity contribution in [2.75, 3.05) is 11.9 Å². The molecular weight excluding hydrogens is 374 g/mol. The first kappa shape index (κ1) is 16.7. The third-order valence-corrected chi connectivity index (χ3v) is 5.83. The van der Waals surface area contributed by atoms with E-state index in [1.165, 1.54) is 34.8 Å². The van der Waals surface area contributed by atoms with Crippen LogP contribution >= 0.6 is 22.7 Å². The van der Waals surface area contributed by atoms with Crippen molar-refractivity contribution < 1.29 is 14.4 Å². The maximum Gasteiger partial charge on any atom is 0.287 e. The minimum atomic E-state index is -0.750. The normalized spacial score (nSPS) is 18.7. The molecule has 4 rings (SSSR count). The smallest absolute Gasteiger partial charge is 0.287 e. The molecule has 26 heavy (non-hydrogen) atoms. The van der Waals surface area contributed by atoms with Gasteiger partial charge in [-0.05, 0) is 17.5 Å². The van der Waals surface area contributed by atoms with Crippen LogP contribution < -0.4 is 5.32 Å². The van der Waals surface area contributed by atoms with Crippen molar-refractivity contribution in [3.63, 3.8) is 0 Å². The number of carbonyl (C=O) groups excluding carboxylic acids is 3. The summed E-state index contributed by atoms with van der Waals surface area (Å²) in [4.78, 5) is 43.4. The maximum absolute atomic E-state index is 12.5. The minimum absolute atomic E-state index is 0.184. The standard InChI is InChI=1S/C16H13N5O3S2/c22-13-4-3-10(19-20-13)15(24)21-6-5-9-12(8-21)26-16(17-9)18-14(23)11-2-1-7-25-11/h1-4,7,10H,5-6,8H2,(H,17,18,23). The Morgan fingerprint density at radius 3 is 2.96 bits per heavy atom. The molecule has 8 nitrogen and oxygen atoms in total. The zero-order valence-corrected chi connectivity index (χ0v) is 15.0. The first-order chi connectivity index (χ1) is 12.6. The van der Waals surface area contributed by atoms with Crippen molar-refractivity contribution in [3.05, 3.63) is 45.1 Å².